The van der Waals surface area contributed by atoms with E-state index in [-0.39, 0.29) is 34.5 Å². The molecule has 29 heavy (non-hydrogen) atoms. The van der Waals surface area contributed by atoms with Crippen LogP contribution in [0.4, 0.5) is 14.5 Å². The Labute approximate surface area is 167 Å². The van der Waals surface area contributed by atoms with Gasteiger partial charge in [0.1, 0.15) is 17.4 Å². The molecule has 0 fully saturated rings. The number of ether oxygens (including phenoxy) is 1. The molecule has 0 aromatic heterocycles. The Morgan fingerprint density at radius 1 is 1.17 bits per heavy atom. The van der Waals surface area contributed by atoms with Crippen LogP contribution in [0.25, 0.3) is 0 Å². The molecule has 2 aromatic rings. The van der Waals surface area contributed by atoms with Crippen molar-refractivity contribution in [2.75, 3.05) is 25.7 Å². The maximum atomic E-state index is 13.9. The Hall–Kier alpha value is -3.14. The minimum atomic E-state index is -3.33. The van der Waals surface area contributed by atoms with E-state index in [9.17, 15) is 17.2 Å². The number of guanidine groups is 1. The zero-order chi connectivity index (χ0) is 21.6. The van der Waals surface area contributed by atoms with Crippen molar-refractivity contribution in [1.29, 1.82) is 0 Å². The van der Waals surface area contributed by atoms with Gasteiger partial charge in [0.15, 0.2) is 15.7 Å². The lowest BCUT2D eigenvalue weighted by molar-refractivity contribution is 0.410. The van der Waals surface area contributed by atoms with Gasteiger partial charge in [0.2, 0.25) is 5.96 Å². The summed E-state index contributed by atoms with van der Waals surface area (Å²) in [5.74, 6) is -1.07. The molecular formula is C19H20F2N4O3S. The number of hydrogen-bond acceptors (Lipinski definition) is 4. The Morgan fingerprint density at radius 3 is 2.48 bits per heavy atom. The lowest BCUT2D eigenvalue weighted by Crippen LogP contribution is -2.14. The Balaban J connectivity index is 2.38. The van der Waals surface area contributed by atoms with Crippen LogP contribution in [-0.2, 0) is 15.6 Å². The Kier molecular flexibility index (Phi) is 7.16. The van der Waals surface area contributed by atoms with E-state index >= 15 is 0 Å². The smallest absolute Gasteiger partial charge is 0.224 e. The summed E-state index contributed by atoms with van der Waals surface area (Å²) in [5.41, 5.74) is 0.906. The number of sulfone groups is 1. The molecule has 10 heteroatoms. The molecule has 0 amide bonds. The lowest BCUT2D eigenvalue weighted by atomic mass is 10.2. The highest BCUT2D eigenvalue weighted by molar-refractivity contribution is 7.89. The minimum Gasteiger partial charge on any atom is -0.496 e. The predicted octanol–water partition coefficient (Wildman–Crippen LogP) is 3.06. The Morgan fingerprint density at radius 2 is 1.90 bits per heavy atom. The van der Waals surface area contributed by atoms with E-state index in [0.29, 0.717) is 5.56 Å². The van der Waals surface area contributed by atoms with E-state index in [0.717, 1.165) is 12.3 Å². The van der Waals surface area contributed by atoms with E-state index in [2.05, 4.69) is 27.0 Å². The number of benzene rings is 2. The second-order valence-electron chi connectivity index (χ2n) is 6.03. The van der Waals surface area contributed by atoms with Crippen LogP contribution >= 0.6 is 0 Å². The SMILES string of the molecule is C=NC(=NC(=NC)Nc1cc(F)cc(CS(C)(=O)=O)c1)c1ccc(F)cc1OC. The minimum absolute atomic E-state index is 0.0506. The zero-order valence-corrected chi connectivity index (χ0v) is 16.9. The Bertz CT molecular complexity index is 1080. The van der Waals surface area contributed by atoms with Crippen molar-refractivity contribution in [3.05, 3.63) is 59.2 Å². The lowest BCUT2D eigenvalue weighted by Gasteiger charge is -2.11. The van der Waals surface area contributed by atoms with Gasteiger partial charge in [-0.1, -0.05) is 0 Å². The van der Waals surface area contributed by atoms with E-state index in [4.69, 9.17) is 4.74 Å². The second-order valence-corrected chi connectivity index (χ2v) is 8.17. The maximum Gasteiger partial charge on any atom is 0.224 e. The molecular weight excluding hydrogens is 402 g/mol. The van der Waals surface area contributed by atoms with E-state index in [1.807, 2.05) is 0 Å². The normalized spacial score (nSPS) is 12.6. The summed E-state index contributed by atoms with van der Waals surface area (Å²) in [6.45, 7) is 3.46. The maximum absolute atomic E-state index is 13.9. The summed E-state index contributed by atoms with van der Waals surface area (Å²) in [7, 11) is -0.508. The first-order valence-corrected chi connectivity index (χ1v) is 10.3. The van der Waals surface area contributed by atoms with Crippen LogP contribution in [0.15, 0.2) is 51.4 Å². The standard InChI is InChI=1S/C19H20F2N4O3S/c1-22-18(16-6-5-13(20)10-17(16)28-3)25-19(23-2)24-15-8-12(7-14(21)9-15)11-29(4,26)27/h5-10H,1,11H2,2-4H3,(H,23,24). The van der Waals surface area contributed by atoms with Gasteiger partial charge in [-0.15, -0.1) is 0 Å². The number of halogens is 2. The molecule has 0 saturated carbocycles. The first-order chi connectivity index (χ1) is 13.6. The van der Waals surface area contributed by atoms with Gasteiger partial charge in [-0.2, -0.15) is 4.99 Å². The van der Waals surface area contributed by atoms with Gasteiger partial charge in [-0.25, -0.2) is 22.2 Å². The molecule has 7 nitrogen and oxygen atoms in total. The molecule has 0 spiro atoms. The summed E-state index contributed by atoms with van der Waals surface area (Å²) < 4.78 is 55.4. The number of hydrogen-bond donors (Lipinski definition) is 1. The largest absolute Gasteiger partial charge is 0.496 e. The summed E-state index contributed by atoms with van der Waals surface area (Å²) in [4.78, 5) is 12.0. The van der Waals surface area contributed by atoms with Crippen LogP contribution in [0.5, 0.6) is 5.75 Å². The average molecular weight is 422 g/mol. The molecule has 2 aromatic carbocycles. The van der Waals surface area contributed by atoms with Crippen LogP contribution in [0.3, 0.4) is 0 Å². The molecule has 2 rings (SSSR count). The van der Waals surface area contributed by atoms with Crippen molar-refractivity contribution in [1.82, 2.24) is 0 Å². The van der Waals surface area contributed by atoms with Crippen LogP contribution in [0.1, 0.15) is 11.1 Å². The molecule has 154 valence electrons. The molecule has 0 aliphatic heterocycles. The van der Waals surface area contributed by atoms with Crippen molar-refractivity contribution in [2.24, 2.45) is 15.0 Å². The van der Waals surface area contributed by atoms with Crippen molar-refractivity contribution in [3.8, 4) is 5.75 Å². The number of nitrogens with zero attached hydrogens (tertiary/aromatic N) is 3. The fraction of sp³-hybridized carbons (Fsp3) is 0.211. The molecule has 0 aliphatic carbocycles. The van der Waals surface area contributed by atoms with E-state index < -0.39 is 21.5 Å². The van der Waals surface area contributed by atoms with Gasteiger partial charge in [0.25, 0.3) is 0 Å². The number of rotatable bonds is 5. The fourth-order valence-electron chi connectivity index (χ4n) is 2.50. The fourth-order valence-corrected chi connectivity index (χ4v) is 3.27. The van der Waals surface area contributed by atoms with Gasteiger partial charge in [-0.3, -0.25) is 4.99 Å². The quantitative estimate of drug-likeness (QED) is 0.592. The molecule has 0 saturated heterocycles. The number of methoxy groups -OCH3 is 1. The first-order valence-electron chi connectivity index (χ1n) is 8.25. The molecule has 0 radical (unpaired) electrons. The summed E-state index contributed by atoms with van der Waals surface area (Å²) in [6.07, 6.45) is 1.06. The molecule has 0 heterocycles. The zero-order valence-electron chi connectivity index (χ0n) is 16.1. The van der Waals surface area contributed by atoms with Crippen molar-refractivity contribution in [3.63, 3.8) is 0 Å². The number of anilines is 1. The van der Waals surface area contributed by atoms with Gasteiger partial charge in [0.05, 0.1) is 18.4 Å². The predicted molar refractivity (Wildman–Crippen MR) is 111 cm³/mol. The van der Waals surface area contributed by atoms with Gasteiger partial charge < -0.3 is 10.1 Å². The van der Waals surface area contributed by atoms with E-state index in [1.165, 1.54) is 44.5 Å². The molecule has 0 atom stereocenters. The van der Waals surface area contributed by atoms with Crippen LogP contribution in [0.2, 0.25) is 0 Å². The molecule has 0 unspecified atom stereocenters. The number of amidine groups is 1. The summed E-state index contributed by atoms with van der Waals surface area (Å²) >= 11 is 0. The number of nitrogens with one attached hydrogen (secondary N) is 1. The highest BCUT2D eigenvalue weighted by Gasteiger charge is 2.13. The summed E-state index contributed by atoms with van der Waals surface area (Å²) in [5, 5.41) is 2.80. The number of aliphatic imine (C=N–C) groups is 3. The van der Waals surface area contributed by atoms with Gasteiger partial charge >= 0.3 is 0 Å². The third-order valence-electron chi connectivity index (χ3n) is 3.62. The van der Waals surface area contributed by atoms with Crippen LogP contribution in [0, 0.1) is 11.6 Å². The highest BCUT2D eigenvalue weighted by atomic mass is 32.2. The first kappa shape index (κ1) is 22.2. The van der Waals surface area contributed by atoms with Crippen LogP contribution in [-0.4, -0.2) is 47.3 Å². The third kappa shape index (κ3) is 6.46. The third-order valence-corrected chi connectivity index (χ3v) is 4.48. The summed E-state index contributed by atoms with van der Waals surface area (Å²) in [6, 6.07) is 7.62. The topological polar surface area (TPSA) is 92.5 Å². The monoisotopic (exact) mass is 422 g/mol. The highest BCUT2D eigenvalue weighted by Crippen LogP contribution is 2.21. The van der Waals surface area contributed by atoms with Gasteiger partial charge in [-0.05, 0) is 42.6 Å². The molecule has 0 bridgehead atoms. The van der Waals surface area contributed by atoms with Crippen LogP contribution < -0.4 is 10.1 Å². The van der Waals surface area contributed by atoms with E-state index in [1.54, 1.807) is 0 Å². The van der Waals surface area contributed by atoms with Crippen molar-refractivity contribution in [2.45, 2.75) is 5.75 Å². The molecule has 1 N–H and O–H groups in total. The van der Waals surface area contributed by atoms with Gasteiger partial charge in [0, 0.05) is 25.1 Å². The average Bonchev–Trinajstić information content (AvgIpc) is 2.63. The second kappa shape index (κ2) is 9.37. The van der Waals surface area contributed by atoms with Crippen molar-refractivity contribution < 1.29 is 21.9 Å². The van der Waals surface area contributed by atoms with Crippen molar-refractivity contribution >= 4 is 34.0 Å². The molecule has 0 aliphatic rings.